The molecule has 0 saturated heterocycles. The maximum atomic E-state index is 11.7. The third kappa shape index (κ3) is 1.78. The van der Waals surface area contributed by atoms with E-state index in [1.807, 2.05) is 24.3 Å². The van der Waals surface area contributed by atoms with Crippen molar-refractivity contribution >= 4 is 17.5 Å². The van der Waals surface area contributed by atoms with Gasteiger partial charge in [0, 0.05) is 19.8 Å². The van der Waals surface area contributed by atoms with E-state index in [0.717, 1.165) is 11.3 Å². The zero-order valence-electron chi connectivity index (χ0n) is 9.43. The number of carbonyl (C=O) groups is 2. The first-order valence-corrected chi connectivity index (χ1v) is 5.18. The number of amides is 2. The number of nitrogens with zero attached hydrogens (tertiary/aromatic N) is 2. The number of hydrogen-bond acceptors (Lipinski definition) is 2. The summed E-state index contributed by atoms with van der Waals surface area (Å²) in [7, 11) is 3.38. The van der Waals surface area contributed by atoms with Crippen LogP contribution >= 0.6 is 0 Å². The molecule has 1 aromatic rings. The van der Waals surface area contributed by atoms with Crippen molar-refractivity contribution < 1.29 is 9.59 Å². The van der Waals surface area contributed by atoms with Crippen molar-refractivity contribution in [2.75, 3.05) is 25.5 Å². The molecule has 0 aliphatic carbocycles. The van der Waals surface area contributed by atoms with E-state index in [9.17, 15) is 9.59 Å². The summed E-state index contributed by atoms with van der Waals surface area (Å²) in [5, 5.41) is 0. The van der Waals surface area contributed by atoms with Crippen LogP contribution in [0.25, 0.3) is 0 Å². The summed E-state index contributed by atoms with van der Waals surface area (Å²) in [4.78, 5) is 26.4. The second-order valence-corrected chi connectivity index (χ2v) is 4.07. The molecule has 1 aliphatic heterocycles. The summed E-state index contributed by atoms with van der Waals surface area (Å²) in [6.07, 6.45) is 0.400. The molecular formula is C12H14N2O2. The first kappa shape index (κ1) is 10.7. The van der Waals surface area contributed by atoms with Gasteiger partial charge in [0.25, 0.3) is 0 Å². The molecule has 1 heterocycles. The Hall–Kier alpha value is -1.84. The minimum Gasteiger partial charge on any atom is -0.347 e. The van der Waals surface area contributed by atoms with Crippen LogP contribution in [0, 0.1) is 0 Å². The van der Waals surface area contributed by atoms with Crippen LogP contribution in [0.4, 0.5) is 5.69 Å². The highest BCUT2D eigenvalue weighted by Crippen LogP contribution is 2.27. The molecule has 0 N–H and O–H groups in total. The quantitative estimate of drug-likeness (QED) is 0.731. The Labute approximate surface area is 94.5 Å². The van der Waals surface area contributed by atoms with Gasteiger partial charge in [-0.2, -0.15) is 0 Å². The van der Waals surface area contributed by atoms with Crippen LogP contribution in [0.2, 0.25) is 0 Å². The molecule has 0 bridgehead atoms. The van der Waals surface area contributed by atoms with Gasteiger partial charge < -0.3 is 9.80 Å². The molecule has 0 spiro atoms. The Bertz CT molecular complexity index is 440. The molecule has 0 atom stereocenters. The Morgan fingerprint density at radius 2 is 2.06 bits per heavy atom. The summed E-state index contributed by atoms with van der Waals surface area (Å²) in [5.74, 6) is -0.0681. The number of rotatable bonds is 2. The molecule has 0 saturated carbocycles. The fraction of sp³-hybridized carbons (Fsp3) is 0.333. The van der Waals surface area contributed by atoms with E-state index in [0.29, 0.717) is 6.42 Å². The molecule has 1 aliphatic rings. The van der Waals surface area contributed by atoms with Gasteiger partial charge in [0.2, 0.25) is 11.8 Å². The Morgan fingerprint density at radius 3 is 2.75 bits per heavy atom. The molecule has 2 amide bonds. The number of carbonyl (C=O) groups excluding carboxylic acids is 2. The van der Waals surface area contributed by atoms with E-state index in [1.165, 1.54) is 4.90 Å². The van der Waals surface area contributed by atoms with Gasteiger partial charge in [0.05, 0.1) is 6.42 Å². The third-order valence-electron chi connectivity index (χ3n) is 2.72. The average molecular weight is 218 g/mol. The van der Waals surface area contributed by atoms with Crippen molar-refractivity contribution in [2.45, 2.75) is 6.42 Å². The Morgan fingerprint density at radius 1 is 1.38 bits per heavy atom. The van der Waals surface area contributed by atoms with E-state index in [1.54, 1.807) is 19.0 Å². The first-order valence-electron chi connectivity index (χ1n) is 5.18. The van der Waals surface area contributed by atoms with Gasteiger partial charge in [-0.05, 0) is 11.6 Å². The summed E-state index contributed by atoms with van der Waals surface area (Å²) in [5.41, 5.74) is 1.86. The molecule has 4 nitrogen and oxygen atoms in total. The van der Waals surface area contributed by atoms with Crippen molar-refractivity contribution in [1.82, 2.24) is 4.90 Å². The molecule has 0 fully saturated rings. The topological polar surface area (TPSA) is 40.6 Å². The molecule has 0 radical (unpaired) electrons. The summed E-state index contributed by atoms with van der Waals surface area (Å²) in [6, 6.07) is 7.59. The third-order valence-corrected chi connectivity index (χ3v) is 2.72. The SMILES string of the molecule is CN(C)C(=O)CN1C(=O)Cc2ccccc21. The minimum atomic E-state index is -0.0648. The number of benzene rings is 1. The van der Waals surface area contributed by atoms with Gasteiger partial charge in [-0.25, -0.2) is 0 Å². The maximum Gasteiger partial charge on any atom is 0.242 e. The summed E-state index contributed by atoms with van der Waals surface area (Å²) < 4.78 is 0. The normalized spacial score (nSPS) is 13.9. The van der Waals surface area contributed by atoms with Crippen LogP contribution in [0.5, 0.6) is 0 Å². The van der Waals surface area contributed by atoms with Crippen LogP contribution in [-0.2, 0) is 16.0 Å². The predicted molar refractivity (Wildman–Crippen MR) is 61.2 cm³/mol. The molecule has 0 aromatic heterocycles. The smallest absolute Gasteiger partial charge is 0.242 e. The number of likely N-dealkylation sites (N-methyl/N-ethyl adjacent to an activating group) is 1. The fourth-order valence-electron chi connectivity index (χ4n) is 1.77. The van der Waals surface area contributed by atoms with E-state index < -0.39 is 0 Å². The predicted octanol–water partition coefficient (Wildman–Crippen LogP) is 0.664. The number of fused-ring (bicyclic) bond motifs is 1. The number of anilines is 1. The second-order valence-electron chi connectivity index (χ2n) is 4.07. The fourth-order valence-corrected chi connectivity index (χ4v) is 1.77. The molecular weight excluding hydrogens is 204 g/mol. The monoisotopic (exact) mass is 218 g/mol. The van der Waals surface area contributed by atoms with E-state index >= 15 is 0 Å². The van der Waals surface area contributed by atoms with E-state index in [2.05, 4.69) is 0 Å². The highest BCUT2D eigenvalue weighted by Gasteiger charge is 2.28. The zero-order valence-corrected chi connectivity index (χ0v) is 9.43. The van der Waals surface area contributed by atoms with Crippen molar-refractivity contribution in [3.05, 3.63) is 29.8 Å². The molecule has 2 rings (SSSR count). The first-order chi connectivity index (χ1) is 7.59. The van der Waals surface area contributed by atoms with Gasteiger partial charge in [-0.3, -0.25) is 9.59 Å². The van der Waals surface area contributed by atoms with Crippen LogP contribution in [0.3, 0.4) is 0 Å². The maximum absolute atomic E-state index is 11.7. The number of hydrogen-bond donors (Lipinski definition) is 0. The standard InChI is InChI=1S/C12H14N2O2/c1-13(2)12(16)8-14-10-6-4-3-5-9(10)7-11(14)15/h3-6H,7-8H2,1-2H3. The van der Waals surface area contributed by atoms with Crippen LogP contribution < -0.4 is 4.90 Å². The van der Waals surface area contributed by atoms with Gasteiger partial charge in [-0.1, -0.05) is 18.2 Å². The van der Waals surface area contributed by atoms with Crippen molar-refractivity contribution in [1.29, 1.82) is 0 Å². The lowest BCUT2D eigenvalue weighted by Crippen LogP contribution is -2.38. The van der Waals surface area contributed by atoms with Crippen LogP contribution in [-0.4, -0.2) is 37.4 Å². The molecule has 16 heavy (non-hydrogen) atoms. The van der Waals surface area contributed by atoms with E-state index in [4.69, 9.17) is 0 Å². The van der Waals surface area contributed by atoms with Gasteiger partial charge in [-0.15, -0.1) is 0 Å². The Kier molecular flexibility index (Phi) is 2.64. The van der Waals surface area contributed by atoms with Crippen LogP contribution in [0.15, 0.2) is 24.3 Å². The van der Waals surface area contributed by atoms with Gasteiger partial charge in [0.15, 0.2) is 0 Å². The lowest BCUT2D eigenvalue weighted by atomic mass is 10.2. The lowest BCUT2D eigenvalue weighted by molar-refractivity contribution is -0.129. The highest BCUT2D eigenvalue weighted by atomic mass is 16.2. The van der Waals surface area contributed by atoms with Crippen molar-refractivity contribution in [3.63, 3.8) is 0 Å². The molecule has 4 heteroatoms. The van der Waals surface area contributed by atoms with Crippen LogP contribution in [0.1, 0.15) is 5.56 Å². The summed E-state index contributed by atoms with van der Waals surface area (Å²) in [6.45, 7) is 0.128. The van der Waals surface area contributed by atoms with Crippen molar-refractivity contribution in [2.24, 2.45) is 0 Å². The second kappa shape index (κ2) is 3.96. The minimum absolute atomic E-state index is 0.00333. The van der Waals surface area contributed by atoms with Gasteiger partial charge >= 0.3 is 0 Å². The zero-order chi connectivity index (χ0) is 11.7. The molecule has 84 valence electrons. The van der Waals surface area contributed by atoms with Crippen molar-refractivity contribution in [3.8, 4) is 0 Å². The molecule has 0 unspecified atom stereocenters. The van der Waals surface area contributed by atoms with Gasteiger partial charge in [0.1, 0.15) is 6.54 Å². The molecule has 1 aromatic carbocycles. The highest BCUT2D eigenvalue weighted by molar-refractivity contribution is 6.04. The summed E-state index contributed by atoms with van der Waals surface area (Å²) >= 11 is 0. The number of para-hydroxylation sites is 1. The lowest BCUT2D eigenvalue weighted by Gasteiger charge is -2.19. The largest absolute Gasteiger partial charge is 0.347 e. The van der Waals surface area contributed by atoms with E-state index in [-0.39, 0.29) is 18.4 Å². The Balaban J connectivity index is 2.23. The average Bonchev–Trinajstić information content (AvgIpc) is 2.55.